The van der Waals surface area contributed by atoms with Crippen LogP contribution in [0.25, 0.3) is 0 Å². The maximum absolute atomic E-state index is 13.1. The van der Waals surface area contributed by atoms with Crippen molar-refractivity contribution in [3.05, 3.63) is 69.2 Å². The Balaban J connectivity index is 2.40. The molecule has 0 bridgehead atoms. The van der Waals surface area contributed by atoms with E-state index in [1.54, 1.807) is 24.3 Å². The first-order valence-corrected chi connectivity index (χ1v) is 8.88. The molecule has 1 N–H and O–H groups in total. The van der Waals surface area contributed by atoms with E-state index >= 15 is 0 Å². The Bertz CT molecular complexity index is 854. The molecule has 0 unspecified atom stereocenters. The van der Waals surface area contributed by atoms with E-state index in [-0.39, 0.29) is 11.8 Å². The van der Waals surface area contributed by atoms with Crippen LogP contribution in [0, 0.1) is 20.8 Å². The average molecular weight is 373 g/mol. The van der Waals surface area contributed by atoms with Gasteiger partial charge in [0.25, 0.3) is 11.8 Å². The molecule has 0 aromatic heterocycles. The minimum atomic E-state index is -0.612. The normalized spacial score (nSPS) is 11.2. The van der Waals surface area contributed by atoms with Gasteiger partial charge in [-0.2, -0.15) is 0 Å². The third-order valence-corrected chi connectivity index (χ3v) is 4.60. The number of rotatable bonds is 2. The molecule has 0 aliphatic carbocycles. The quantitative estimate of drug-likeness (QED) is 0.766. The van der Waals surface area contributed by atoms with Crippen LogP contribution < -0.4 is 5.43 Å². The molecule has 138 valence electrons. The van der Waals surface area contributed by atoms with Crippen LogP contribution in [0.3, 0.4) is 0 Å². The topological polar surface area (TPSA) is 49.4 Å². The lowest BCUT2D eigenvalue weighted by atomic mass is 10.0. The van der Waals surface area contributed by atoms with Crippen molar-refractivity contribution in [1.82, 2.24) is 10.4 Å². The summed E-state index contributed by atoms with van der Waals surface area (Å²) in [5, 5.41) is 1.85. The van der Waals surface area contributed by atoms with Crippen molar-refractivity contribution in [1.29, 1.82) is 0 Å². The summed E-state index contributed by atoms with van der Waals surface area (Å²) >= 11 is 6.06. The summed E-state index contributed by atoms with van der Waals surface area (Å²) < 4.78 is 0. The summed E-state index contributed by atoms with van der Waals surface area (Å²) in [5.74, 6) is -0.606. The second-order valence-electron chi connectivity index (χ2n) is 7.46. The number of aryl methyl sites for hydroxylation is 2. The molecule has 0 saturated carbocycles. The second-order valence-corrected chi connectivity index (χ2v) is 7.90. The zero-order valence-corrected chi connectivity index (χ0v) is 16.9. The number of nitrogens with zero attached hydrogens (tertiary/aromatic N) is 1. The van der Waals surface area contributed by atoms with Gasteiger partial charge in [-0.1, -0.05) is 29.8 Å². The van der Waals surface area contributed by atoms with Gasteiger partial charge in [-0.3, -0.25) is 15.0 Å². The zero-order chi connectivity index (χ0) is 19.6. The van der Waals surface area contributed by atoms with E-state index in [1.165, 1.54) is 5.01 Å². The van der Waals surface area contributed by atoms with Crippen molar-refractivity contribution in [2.75, 3.05) is 0 Å². The third kappa shape index (κ3) is 4.25. The summed E-state index contributed by atoms with van der Waals surface area (Å²) in [6.45, 7) is 11.3. The molecule has 0 fully saturated rings. The molecule has 0 aliphatic rings. The van der Waals surface area contributed by atoms with Crippen molar-refractivity contribution in [2.45, 2.75) is 47.1 Å². The second kappa shape index (κ2) is 7.50. The molecular formula is C21H25ClN2O2. The Morgan fingerprint density at radius 1 is 0.962 bits per heavy atom. The van der Waals surface area contributed by atoms with Crippen LogP contribution in [0.1, 0.15) is 58.2 Å². The number of hydrogen-bond donors (Lipinski definition) is 1. The van der Waals surface area contributed by atoms with Crippen LogP contribution in [0.4, 0.5) is 0 Å². The maximum atomic E-state index is 13.1. The van der Waals surface area contributed by atoms with E-state index in [1.807, 2.05) is 53.7 Å². The van der Waals surface area contributed by atoms with Gasteiger partial charge in [-0.05, 0) is 76.4 Å². The molecule has 0 saturated heterocycles. The average Bonchev–Trinajstić information content (AvgIpc) is 2.55. The first-order valence-electron chi connectivity index (χ1n) is 8.50. The maximum Gasteiger partial charge on any atom is 0.273 e. The van der Waals surface area contributed by atoms with E-state index in [2.05, 4.69) is 5.43 Å². The molecule has 0 heterocycles. The van der Waals surface area contributed by atoms with Crippen LogP contribution in [0.15, 0.2) is 36.4 Å². The minimum absolute atomic E-state index is 0.295. The highest BCUT2D eigenvalue weighted by Crippen LogP contribution is 2.21. The highest BCUT2D eigenvalue weighted by atomic mass is 35.5. The van der Waals surface area contributed by atoms with Crippen LogP contribution in [-0.4, -0.2) is 22.4 Å². The van der Waals surface area contributed by atoms with Gasteiger partial charge < -0.3 is 0 Å². The van der Waals surface area contributed by atoms with Crippen molar-refractivity contribution in [2.24, 2.45) is 0 Å². The van der Waals surface area contributed by atoms with Gasteiger partial charge in [0.15, 0.2) is 0 Å². The van der Waals surface area contributed by atoms with Crippen LogP contribution in [0.2, 0.25) is 5.02 Å². The standard InChI is InChI=1S/C21H25ClN2O2/c1-13-8-7-9-17(15(13)3)19(25)23-24(21(4,5)6)20(26)18-12-16(22)11-10-14(18)2/h7-12H,1-6H3,(H,23,25). The number of hydrogen-bond acceptors (Lipinski definition) is 2. The first kappa shape index (κ1) is 20.0. The summed E-state index contributed by atoms with van der Waals surface area (Å²) in [7, 11) is 0. The molecule has 26 heavy (non-hydrogen) atoms. The lowest BCUT2D eigenvalue weighted by Gasteiger charge is -2.36. The number of benzene rings is 2. The molecule has 0 aliphatic heterocycles. The Morgan fingerprint density at radius 2 is 1.62 bits per heavy atom. The SMILES string of the molecule is Cc1ccc(Cl)cc1C(=O)N(NC(=O)c1cccc(C)c1C)C(C)(C)C. The van der Waals surface area contributed by atoms with Gasteiger partial charge in [0.2, 0.25) is 0 Å². The van der Waals surface area contributed by atoms with E-state index in [9.17, 15) is 9.59 Å². The Morgan fingerprint density at radius 3 is 2.23 bits per heavy atom. The van der Waals surface area contributed by atoms with Gasteiger partial charge in [-0.25, -0.2) is 5.01 Å². The van der Waals surface area contributed by atoms with Gasteiger partial charge in [0, 0.05) is 16.1 Å². The van der Waals surface area contributed by atoms with Crippen LogP contribution in [-0.2, 0) is 0 Å². The highest BCUT2D eigenvalue weighted by molar-refractivity contribution is 6.31. The van der Waals surface area contributed by atoms with Gasteiger partial charge >= 0.3 is 0 Å². The van der Waals surface area contributed by atoms with Crippen LogP contribution >= 0.6 is 11.6 Å². The lowest BCUT2D eigenvalue weighted by molar-refractivity contribution is 0.0357. The summed E-state index contributed by atoms with van der Waals surface area (Å²) in [6, 6.07) is 10.7. The minimum Gasteiger partial charge on any atom is -0.267 e. The Hall–Kier alpha value is -2.33. The first-order chi connectivity index (χ1) is 12.0. The van der Waals surface area contributed by atoms with E-state index in [0.717, 1.165) is 16.7 Å². The molecule has 0 atom stereocenters. The van der Waals surface area contributed by atoms with Crippen molar-refractivity contribution >= 4 is 23.4 Å². The molecule has 2 aromatic carbocycles. The predicted molar refractivity (Wildman–Crippen MR) is 105 cm³/mol. The largest absolute Gasteiger partial charge is 0.273 e. The number of nitrogens with one attached hydrogen (secondary N) is 1. The summed E-state index contributed by atoms with van der Waals surface area (Å²) in [5.41, 5.74) is 5.91. The summed E-state index contributed by atoms with van der Waals surface area (Å²) in [4.78, 5) is 26.0. The molecule has 0 spiro atoms. The number of carbonyl (C=O) groups is 2. The molecular weight excluding hydrogens is 348 g/mol. The Labute approximate surface area is 160 Å². The molecule has 2 aromatic rings. The van der Waals surface area contributed by atoms with Gasteiger partial charge in [0.1, 0.15) is 0 Å². The van der Waals surface area contributed by atoms with E-state index in [0.29, 0.717) is 16.1 Å². The highest BCUT2D eigenvalue weighted by Gasteiger charge is 2.30. The van der Waals surface area contributed by atoms with Gasteiger partial charge in [-0.15, -0.1) is 0 Å². The molecule has 0 radical (unpaired) electrons. The van der Waals surface area contributed by atoms with Crippen molar-refractivity contribution in [3.8, 4) is 0 Å². The number of halogens is 1. The third-order valence-electron chi connectivity index (χ3n) is 4.37. The number of amides is 2. The Kier molecular flexibility index (Phi) is 5.77. The van der Waals surface area contributed by atoms with Crippen molar-refractivity contribution in [3.63, 3.8) is 0 Å². The molecule has 5 heteroatoms. The molecule has 4 nitrogen and oxygen atoms in total. The fraction of sp³-hybridized carbons (Fsp3) is 0.333. The van der Waals surface area contributed by atoms with Crippen LogP contribution in [0.5, 0.6) is 0 Å². The van der Waals surface area contributed by atoms with E-state index < -0.39 is 5.54 Å². The molecule has 2 rings (SSSR count). The fourth-order valence-corrected chi connectivity index (χ4v) is 2.80. The van der Waals surface area contributed by atoms with Crippen molar-refractivity contribution < 1.29 is 9.59 Å². The lowest BCUT2D eigenvalue weighted by Crippen LogP contribution is -2.56. The van der Waals surface area contributed by atoms with E-state index in [4.69, 9.17) is 11.6 Å². The van der Waals surface area contributed by atoms with Gasteiger partial charge in [0.05, 0.1) is 5.54 Å². The number of carbonyl (C=O) groups excluding carboxylic acids is 2. The zero-order valence-electron chi connectivity index (χ0n) is 16.1. The fourth-order valence-electron chi connectivity index (χ4n) is 2.63. The monoisotopic (exact) mass is 372 g/mol. The molecule has 2 amide bonds. The smallest absolute Gasteiger partial charge is 0.267 e. The summed E-state index contributed by atoms with van der Waals surface area (Å²) in [6.07, 6.45) is 0. The predicted octanol–water partition coefficient (Wildman–Crippen LogP) is 4.85. The number of hydrazine groups is 1.